The fourth-order valence-electron chi connectivity index (χ4n) is 6.47. The summed E-state index contributed by atoms with van der Waals surface area (Å²) in [5.41, 5.74) is 2.71. The molecule has 3 amide bonds. The first-order valence-electron chi connectivity index (χ1n) is 12.8. The smallest absolute Gasteiger partial charge is 0.248 e. The van der Waals surface area contributed by atoms with Gasteiger partial charge in [-0.3, -0.25) is 14.4 Å². The highest BCUT2D eigenvalue weighted by Gasteiger charge is 2.77. The molecule has 192 valence electrons. The van der Waals surface area contributed by atoms with Gasteiger partial charge in [-0.1, -0.05) is 32.9 Å². The van der Waals surface area contributed by atoms with Crippen LogP contribution >= 0.6 is 11.8 Å². The monoisotopic (exact) mass is 501 g/mol. The Hall–Kier alpha value is -2.06. The van der Waals surface area contributed by atoms with Gasteiger partial charge in [-0.15, -0.1) is 11.8 Å². The summed E-state index contributed by atoms with van der Waals surface area (Å²) in [5.74, 6) is -1.62. The first kappa shape index (κ1) is 26.0. The second kappa shape index (κ2) is 9.43. The average Bonchev–Trinajstić information content (AvgIpc) is 3.36. The van der Waals surface area contributed by atoms with Gasteiger partial charge in [-0.05, 0) is 63.1 Å². The molecule has 35 heavy (non-hydrogen) atoms. The summed E-state index contributed by atoms with van der Waals surface area (Å²) in [7, 11) is 0. The lowest BCUT2D eigenvalue weighted by molar-refractivity contribution is -0.143. The maximum absolute atomic E-state index is 14.1. The zero-order valence-electron chi connectivity index (χ0n) is 21.7. The molecule has 3 aliphatic rings. The molecule has 8 heteroatoms. The van der Waals surface area contributed by atoms with Gasteiger partial charge >= 0.3 is 0 Å². The number of thioether (sulfide) groups is 1. The van der Waals surface area contributed by atoms with Crippen molar-refractivity contribution in [3.05, 3.63) is 29.3 Å². The zero-order chi connectivity index (χ0) is 25.7. The van der Waals surface area contributed by atoms with E-state index in [-0.39, 0.29) is 30.2 Å². The van der Waals surface area contributed by atoms with Crippen LogP contribution in [0.5, 0.6) is 0 Å². The quantitative estimate of drug-likeness (QED) is 0.508. The summed E-state index contributed by atoms with van der Waals surface area (Å²) in [6.07, 6.45) is 2.29. The van der Waals surface area contributed by atoms with Crippen molar-refractivity contribution in [3.8, 4) is 0 Å². The number of anilines is 1. The first-order valence-corrected chi connectivity index (χ1v) is 13.6. The second-order valence-electron chi connectivity index (χ2n) is 11.1. The minimum Gasteiger partial charge on any atom is -0.394 e. The third-order valence-corrected chi connectivity index (χ3v) is 10.2. The highest BCUT2D eigenvalue weighted by Crippen LogP contribution is 2.71. The number of carbonyl (C=O) groups is 3. The van der Waals surface area contributed by atoms with Gasteiger partial charge in [0.15, 0.2) is 0 Å². The Labute approximate surface area is 212 Å². The largest absolute Gasteiger partial charge is 0.394 e. The Balaban J connectivity index is 1.78. The average molecular weight is 502 g/mol. The molecule has 3 N–H and O–H groups in total. The lowest BCUT2D eigenvalue weighted by Crippen LogP contribution is -2.56. The molecule has 3 saturated heterocycles. The normalized spacial score (nSPS) is 32.2. The van der Waals surface area contributed by atoms with Crippen molar-refractivity contribution < 1.29 is 19.5 Å². The molecule has 1 aromatic rings. The third-order valence-electron chi connectivity index (χ3n) is 8.26. The molecule has 0 saturated carbocycles. The Kier molecular flexibility index (Phi) is 7.01. The van der Waals surface area contributed by atoms with E-state index in [4.69, 9.17) is 0 Å². The molecular weight excluding hydrogens is 462 g/mol. The van der Waals surface area contributed by atoms with Crippen molar-refractivity contribution in [2.75, 3.05) is 18.5 Å². The number of hydrogen-bond donors (Lipinski definition) is 3. The van der Waals surface area contributed by atoms with Gasteiger partial charge in [-0.25, -0.2) is 0 Å². The molecule has 7 nitrogen and oxygen atoms in total. The van der Waals surface area contributed by atoms with Gasteiger partial charge in [0, 0.05) is 17.0 Å². The van der Waals surface area contributed by atoms with Crippen LogP contribution in [-0.2, 0) is 14.4 Å². The van der Waals surface area contributed by atoms with Crippen LogP contribution in [0.25, 0.3) is 0 Å². The van der Waals surface area contributed by atoms with Gasteiger partial charge < -0.3 is 20.6 Å². The first-order chi connectivity index (χ1) is 16.5. The summed E-state index contributed by atoms with van der Waals surface area (Å²) in [6.45, 7) is 12.2. The summed E-state index contributed by atoms with van der Waals surface area (Å²) in [6, 6.07) is 4.66. The number of nitrogens with zero attached hydrogens (tertiary/aromatic N) is 1. The summed E-state index contributed by atoms with van der Waals surface area (Å²) < 4.78 is -1.08. The Bertz CT molecular complexity index is 1030. The van der Waals surface area contributed by atoms with Crippen LogP contribution in [-0.4, -0.2) is 62.5 Å². The molecule has 0 aromatic heterocycles. The van der Waals surface area contributed by atoms with E-state index in [2.05, 4.69) is 17.6 Å². The Morgan fingerprint density at radius 3 is 2.57 bits per heavy atom. The van der Waals surface area contributed by atoms with Crippen LogP contribution in [0, 0.1) is 31.6 Å². The van der Waals surface area contributed by atoms with Gasteiger partial charge in [0.1, 0.15) is 6.04 Å². The maximum atomic E-state index is 14.1. The van der Waals surface area contributed by atoms with Crippen LogP contribution in [0.15, 0.2) is 18.2 Å². The van der Waals surface area contributed by atoms with E-state index in [1.165, 1.54) is 0 Å². The van der Waals surface area contributed by atoms with Crippen molar-refractivity contribution in [1.29, 1.82) is 0 Å². The van der Waals surface area contributed by atoms with Crippen LogP contribution in [0.4, 0.5) is 5.69 Å². The molecule has 3 aliphatic heterocycles. The molecule has 3 fully saturated rings. The fraction of sp³-hybridized carbons (Fsp3) is 0.667. The Morgan fingerprint density at radius 1 is 1.23 bits per heavy atom. The van der Waals surface area contributed by atoms with Crippen LogP contribution < -0.4 is 10.6 Å². The number of aliphatic hydroxyl groups is 1. The lowest BCUT2D eigenvalue weighted by Gasteiger charge is -2.38. The number of fused-ring (bicyclic) bond motifs is 1. The third kappa shape index (κ3) is 4.06. The number of aliphatic hydroxyl groups excluding tert-OH is 1. The number of rotatable bonds is 8. The van der Waals surface area contributed by atoms with E-state index < -0.39 is 33.4 Å². The van der Waals surface area contributed by atoms with Crippen molar-refractivity contribution in [2.45, 2.75) is 82.4 Å². The number of likely N-dealkylation sites (tertiary alicyclic amines) is 1. The van der Waals surface area contributed by atoms with E-state index in [0.717, 1.165) is 29.7 Å². The molecule has 6 atom stereocenters. The van der Waals surface area contributed by atoms with Crippen LogP contribution in [0.2, 0.25) is 0 Å². The molecule has 0 aliphatic carbocycles. The number of carbonyl (C=O) groups excluding carboxylic acids is 3. The number of hydrogen-bond acceptors (Lipinski definition) is 5. The molecular formula is C27H39N3O4S. The molecule has 1 aromatic carbocycles. The standard InChI is InChI=1S/C27H39N3O4S/c1-7-12-28-23(32)20-21-25(34)30(19(14-31)15(2)3)22(27(21)11-10-26(20,6)35-27)24(33)29-18-13-16(4)8-9-17(18)5/h8-9,13,15,19-22,31H,7,10-12,14H2,1-6H3,(H,28,32)(H,29,33)/t19-,20+,21-,22?,26-,27?/m0/s1. The van der Waals surface area contributed by atoms with Crippen molar-refractivity contribution >= 4 is 35.2 Å². The summed E-state index contributed by atoms with van der Waals surface area (Å²) in [5, 5.41) is 16.4. The zero-order valence-corrected chi connectivity index (χ0v) is 22.5. The van der Waals surface area contributed by atoms with Crippen LogP contribution in [0.3, 0.4) is 0 Å². The molecule has 2 unspecified atom stereocenters. The van der Waals surface area contributed by atoms with Gasteiger partial charge in [0.2, 0.25) is 17.7 Å². The lowest BCUT2D eigenvalue weighted by atomic mass is 9.66. The number of nitrogens with one attached hydrogen (secondary N) is 2. The van der Waals surface area contributed by atoms with Crippen molar-refractivity contribution in [2.24, 2.45) is 17.8 Å². The minimum atomic E-state index is -0.754. The van der Waals surface area contributed by atoms with E-state index >= 15 is 0 Å². The molecule has 1 spiro atoms. The van der Waals surface area contributed by atoms with Crippen molar-refractivity contribution in [3.63, 3.8) is 0 Å². The SMILES string of the molecule is CCCNC(=O)[C@H]1[C@H]2C(=O)N([C@@H](CO)C(C)C)C(C(=O)Nc3cc(C)ccc3C)C23CC[C@]1(C)S3. The predicted molar refractivity (Wildman–Crippen MR) is 139 cm³/mol. The summed E-state index contributed by atoms with van der Waals surface area (Å²) >= 11 is 1.66. The number of benzene rings is 1. The van der Waals surface area contributed by atoms with Gasteiger partial charge in [0.25, 0.3) is 0 Å². The topological polar surface area (TPSA) is 98.7 Å². The van der Waals surface area contributed by atoms with Gasteiger partial charge in [-0.2, -0.15) is 0 Å². The maximum Gasteiger partial charge on any atom is 0.248 e. The number of amides is 3. The number of aryl methyl sites for hydroxylation is 2. The van der Waals surface area contributed by atoms with Crippen molar-refractivity contribution in [1.82, 2.24) is 10.2 Å². The second-order valence-corrected chi connectivity index (χ2v) is 13.0. The predicted octanol–water partition coefficient (Wildman–Crippen LogP) is 3.27. The highest BCUT2D eigenvalue weighted by atomic mass is 32.2. The van der Waals surface area contributed by atoms with E-state index in [1.807, 2.05) is 52.8 Å². The fourth-order valence-corrected chi connectivity index (χ4v) is 8.81. The molecule has 4 rings (SSSR count). The Morgan fingerprint density at radius 2 is 1.94 bits per heavy atom. The highest BCUT2D eigenvalue weighted by molar-refractivity contribution is 8.02. The molecule has 3 heterocycles. The summed E-state index contributed by atoms with van der Waals surface area (Å²) in [4.78, 5) is 43.2. The van der Waals surface area contributed by atoms with Crippen LogP contribution in [0.1, 0.15) is 58.1 Å². The van der Waals surface area contributed by atoms with E-state index in [9.17, 15) is 19.5 Å². The molecule has 0 radical (unpaired) electrons. The minimum absolute atomic E-state index is 0.0414. The van der Waals surface area contributed by atoms with Gasteiger partial charge in [0.05, 0.1) is 29.2 Å². The van der Waals surface area contributed by atoms with E-state index in [1.54, 1.807) is 16.7 Å². The molecule has 2 bridgehead atoms. The van der Waals surface area contributed by atoms with E-state index in [0.29, 0.717) is 13.0 Å².